The zero-order valence-corrected chi connectivity index (χ0v) is 18.6. The fraction of sp³-hybridized carbons (Fsp3) is 0.348. The van der Waals surface area contributed by atoms with Gasteiger partial charge in [-0.05, 0) is 35.8 Å². The molecule has 1 amide bonds. The number of carbonyl (C=O) groups excluding carboxylic acids is 1. The molecule has 0 spiro atoms. The molecule has 0 bridgehead atoms. The molecule has 1 aliphatic rings. The van der Waals surface area contributed by atoms with Crippen LogP contribution in [0.5, 0.6) is 5.75 Å². The van der Waals surface area contributed by atoms with Crippen molar-refractivity contribution in [3.8, 4) is 5.75 Å². The molecule has 2 aromatic rings. The molecular weight excluding hydrogens is 414 g/mol. The molecule has 1 heterocycles. The summed E-state index contributed by atoms with van der Waals surface area (Å²) in [5.74, 6) is 0.762. The predicted molar refractivity (Wildman–Crippen MR) is 122 cm³/mol. The maximum atomic E-state index is 12.5. The van der Waals surface area contributed by atoms with Crippen molar-refractivity contribution in [2.75, 3.05) is 46.4 Å². The normalized spacial score (nSPS) is 15.8. The highest BCUT2D eigenvalue weighted by molar-refractivity contribution is 7.92. The fourth-order valence-electron chi connectivity index (χ4n) is 3.35. The predicted octanol–water partition coefficient (Wildman–Crippen LogP) is 1.97. The van der Waals surface area contributed by atoms with Crippen LogP contribution in [-0.4, -0.2) is 69.9 Å². The smallest absolute Gasteiger partial charge is 0.236 e. The Labute approximate surface area is 184 Å². The first-order valence-corrected chi connectivity index (χ1v) is 11.8. The maximum absolute atomic E-state index is 12.5. The van der Waals surface area contributed by atoms with Crippen molar-refractivity contribution in [3.63, 3.8) is 0 Å². The standard InChI is InChI=1S/C23H29N3O4S/c1-30-22-9-7-21(8-10-22)11-13-24-23(27)19-25-14-16-26(17-15-25)31(28,29)18-12-20-5-3-2-4-6-20/h2-10,12,18H,11,13-17,19H2,1H3,(H,24,27)/b18-12+. The van der Waals surface area contributed by atoms with Crippen LogP contribution in [-0.2, 0) is 21.2 Å². The number of hydrogen-bond acceptors (Lipinski definition) is 5. The van der Waals surface area contributed by atoms with Gasteiger partial charge in [0.1, 0.15) is 5.75 Å². The molecule has 0 saturated carbocycles. The summed E-state index contributed by atoms with van der Waals surface area (Å²) in [4.78, 5) is 14.2. The van der Waals surface area contributed by atoms with E-state index in [1.165, 1.54) is 9.71 Å². The first-order chi connectivity index (χ1) is 15.0. The molecule has 0 radical (unpaired) electrons. The van der Waals surface area contributed by atoms with Gasteiger partial charge in [0.05, 0.1) is 13.7 Å². The molecule has 7 nitrogen and oxygen atoms in total. The zero-order chi connectivity index (χ0) is 22.1. The molecule has 166 valence electrons. The summed E-state index contributed by atoms with van der Waals surface area (Å²) in [6, 6.07) is 17.1. The topological polar surface area (TPSA) is 79.0 Å². The van der Waals surface area contributed by atoms with Gasteiger partial charge in [0.25, 0.3) is 0 Å². The number of ether oxygens (including phenoxy) is 1. The number of rotatable bonds is 9. The van der Waals surface area contributed by atoms with E-state index < -0.39 is 10.0 Å². The Hall–Kier alpha value is -2.68. The van der Waals surface area contributed by atoms with E-state index in [0.29, 0.717) is 32.7 Å². The maximum Gasteiger partial charge on any atom is 0.236 e. The fourth-order valence-corrected chi connectivity index (χ4v) is 4.53. The summed E-state index contributed by atoms with van der Waals surface area (Å²) in [5, 5.41) is 4.19. The number of benzene rings is 2. The lowest BCUT2D eigenvalue weighted by molar-refractivity contribution is -0.122. The lowest BCUT2D eigenvalue weighted by atomic mass is 10.1. The lowest BCUT2D eigenvalue weighted by Gasteiger charge is -2.32. The number of hydrogen-bond donors (Lipinski definition) is 1. The molecule has 1 fully saturated rings. The van der Waals surface area contributed by atoms with E-state index in [0.717, 1.165) is 23.3 Å². The Morgan fingerprint density at radius 3 is 2.35 bits per heavy atom. The van der Waals surface area contributed by atoms with Crippen molar-refractivity contribution >= 4 is 22.0 Å². The van der Waals surface area contributed by atoms with Crippen LogP contribution in [0.4, 0.5) is 0 Å². The van der Waals surface area contributed by atoms with Crippen LogP contribution in [0, 0.1) is 0 Å². The van der Waals surface area contributed by atoms with Gasteiger partial charge in [0, 0.05) is 38.1 Å². The van der Waals surface area contributed by atoms with E-state index in [-0.39, 0.29) is 12.5 Å². The largest absolute Gasteiger partial charge is 0.497 e. The van der Waals surface area contributed by atoms with Crippen molar-refractivity contribution in [1.82, 2.24) is 14.5 Å². The molecule has 1 aliphatic heterocycles. The number of amides is 1. The van der Waals surface area contributed by atoms with Gasteiger partial charge in [-0.25, -0.2) is 8.42 Å². The van der Waals surface area contributed by atoms with Crippen LogP contribution < -0.4 is 10.1 Å². The number of piperazine rings is 1. The number of nitrogens with one attached hydrogen (secondary N) is 1. The molecule has 2 aromatic carbocycles. The first-order valence-electron chi connectivity index (χ1n) is 10.3. The Morgan fingerprint density at radius 2 is 1.71 bits per heavy atom. The van der Waals surface area contributed by atoms with E-state index in [2.05, 4.69) is 5.32 Å². The van der Waals surface area contributed by atoms with Crippen molar-refractivity contribution in [1.29, 1.82) is 0 Å². The third-order valence-electron chi connectivity index (χ3n) is 5.19. The average Bonchev–Trinajstić information content (AvgIpc) is 2.79. The zero-order valence-electron chi connectivity index (χ0n) is 17.7. The van der Waals surface area contributed by atoms with E-state index >= 15 is 0 Å². The van der Waals surface area contributed by atoms with E-state index in [4.69, 9.17) is 4.74 Å². The van der Waals surface area contributed by atoms with Crippen molar-refractivity contribution in [3.05, 3.63) is 71.1 Å². The Bertz CT molecular complexity index is 968. The highest BCUT2D eigenvalue weighted by atomic mass is 32.2. The van der Waals surface area contributed by atoms with Crippen LogP contribution in [0.25, 0.3) is 6.08 Å². The number of methoxy groups -OCH3 is 1. The lowest BCUT2D eigenvalue weighted by Crippen LogP contribution is -2.50. The summed E-state index contributed by atoms with van der Waals surface area (Å²) in [5.41, 5.74) is 1.97. The summed E-state index contributed by atoms with van der Waals surface area (Å²) < 4.78 is 31.7. The average molecular weight is 444 g/mol. The van der Waals surface area contributed by atoms with Gasteiger partial charge in [-0.3, -0.25) is 9.69 Å². The second-order valence-corrected chi connectivity index (χ2v) is 9.20. The van der Waals surface area contributed by atoms with Crippen LogP contribution in [0.1, 0.15) is 11.1 Å². The SMILES string of the molecule is COc1ccc(CCNC(=O)CN2CCN(S(=O)(=O)/C=C/c3ccccc3)CC2)cc1. The second kappa shape index (κ2) is 11.1. The molecule has 0 unspecified atom stereocenters. The summed E-state index contributed by atoms with van der Waals surface area (Å²) in [6.45, 7) is 2.65. The first kappa shape index (κ1) is 23.0. The minimum absolute atomic E-state index is 0.0474. The minimum atomic E-state index is -3.47. The third-order valence-corrected chi connectivity index (χ3v) is 6.75. The van der Waals surface area contributed by atoms with Gasteiger partial charge in [0.2, 0.25) is 15.9 Å². The monoisotopic (exact) mass is 443 g/mol. The number of sulfonamides is 1. The molecule has 0 atom stereocenters. The van der Waals surface area contributed by atoms with Crippen molar-refractivity contribution < 1.29 is 17.9 Å². The Kier molecular flexibility index (Phi) is 8.22. The van der Waals surface area contributed by atoms with Gasteiger partial charge >= 0.3 is 0 Å². The van der Waals surface area contributed by atoms with Crippen LogP contribution in [0.2, 0.25) is 0 Å². The van der Waals surface area contributed by atoms with Gasteiger partial charge < -0.3 is 10.1 Å². The summed E-state index contributed by atoms with van der Waals surface area (Å²) >= 11 is 0. The summed E-state index contributed by atoms with van der Waals surface area (Å²) in [7, 11) is -1.84. The number of carbonyl (C=O) groups is 1. The van der Waals surface area contributed by atoms with Gasteiger partial charge in [-0.2, -0.15) is 4.31 Å². The highest BCUT2D eigenvalue weighted by Gasteiger charge is 2.25. The van der Waals surface area contributed by atoms with Gasteiger partial charge in [-0.15, -0.1) is 0 Å². The third kappa shape index (κ3) is 7.20. The minimum Gasteiger partial charge on any atom is -0.497 e. The van der Waals surface area contributed by atoms with Crippen molar-refractivity contribution in [2.45, 2.75) is 6.42 Å². The molecule has 3 rings (SSSR count). The van der Waals surface area contributed by atoms with E-state index in [9.17, 15) is 13.2 Å². The van der Waals surface area contributed by atoms with E-state index in [1.54, 1.807) is 13.2 Å². The molecule has 8 heteroatoms. The van der Waals surface area contributed by atoms with Crippen molar-refractivity contribution in [2.24, 2.45) is 0 Å². The van der Waals surface area contributed by atoms with Crippen LogP contribution >= 0.6 is 0 Å². The molecule has 1 N–H and O–H groups in total. The quantitative estimate of drug-likeness (QED) is 0.641. The molecule has 1 saturated heterocycles. The molecule has 31 heavy (non-hydrogen) atoms. The molecule has 0 aliphatic carbocycles. The molecular formula is C23H29N3O4S. The van der Waals surface area contributed by atoms with Gasteiger partial charge in [-0.1, -0.05) is 42.5 Å². The number of nitrogens with zero attached hydrogens (tertiary/aromatic N) is 2. The molecule has 0 aromatic heterocycles. The van der Waals surface area contributed by atoms with Gasteiger partial charge in [0.15, 0.2) is 0 Å². The highest BCUT2D eigenvalue weighted by Crippen LogP contribution is 2.12. The van der Waals surface area contributed by atoms with Crippen LogP contribution in [0.15, 0.2) is 60.0 Å². The van der Waals surface area contributed by atoms with E-state index in [1.807, 2.05) is 59.5 Å². The van der Waals surface area contributed by atoms with Crippen LogP contribution in [0.3, 0.4) is 0 Å². The Morgan fingerprint density at radius 1 is 1.03 bits per heavy atom. The Balaban J connectivity index is 1.38. The summed E-state index contributed by atoms with van der Waals surface area (Å²) in [6.07, 6.45) is 2.35. The second-order valence-electron chi connectivity index (χ2n) is 7.38.